The van der Waals surface area contributed by atoms with Gasteiger partial charge in [-0.15, -0.1) is 0 Å². The molecule has 4 rings (SSSR count). The van der Waals surface area contributed by atoms with Crippen LogP contribution in [0.4, 0.5) is 10.1 Å². The lowest BCUT2D eigenvalue weighted by atomic mass is 10.1. The number of anilines is 1. The maximum Gasteiger partial charge on any atom is 0.264 e. The summed E-state index contributed by atoms with van der Waals surface area (Å²) >= 11 is 0. The SMILES string of the molecule is Cc1ccc(N(CC(=O)N/N=C\c2cc(C)n(-c3ccc(C)c(C)c3)c2C)S(=O)(=O)c2ccc(F)cc2)cc1. The Kier molecular flexibility index (Phi) is 8.01. The van der Waals surface area contributed by atoms with Gasteiger partial charge in [-0.3, -0.25) is 9.10 Å². The minimum absolute atomic E-state index is 0.125. The van der Waals surface area contributed by atoms with Gasteiger partial charge < -0.3 is 4.57 Å². The number of rotatable bonds is 8. The van der Waals surface area contributed by atoms with Gasteiger partial charge in [-0.25, -0.2) is 18.2 Å². The van der Waals surface area contributed by atoms with E-state index < -0.39 is 28.3 Å². The maximum atomic E-state index is 13.4. The molecule has 0 aliphatic heterocycles. The molecule has 1 amide bonds. The van der Waals surface area contributed by atoms with Crippen molar-refractivity contribution in [3.8, 4) is 5.69 Å². The van der Waals surface area contributed by atoms with Crippen molar-refractivity contribution < 1.29 is 17.6 Å². The molecule has 7 nitrogen and oxygen atoms in total. The molecule has 0 saturated heterocycles. The zero-order valence-electron chi connectivity index (χ0n) is 22.6. The molecule has 202 valence electrons. The topological polar surface area (TPSA) is 83.8 Å². The van der Waals surface area contributed by atoms with Gasteiger partial charge in [0.25, 0.3) is 15.9 Å². The lowest BCUT2D eigenvalue weighted by Crippen LogP contribution is -2.39. The monoisotopic (exact) mass is 546 g/mol. The first-order chi connectivity index (χ1) is 18.5. The van der Waals surface area contributed by atoms with E-state index in [-0.39, 0.29) is 4.90 Å². The van der Waals surface area contributed by atoms with E-state index in [0.717, 1.165) is 44.6 Å². The first-order valence-corrected chi connectivity index (χ1v) is 13.8. The van der Waals surface area contributed by atoms with Crippen LogP contribution in [-0.4, -0.2) is 31.7 Å². The second-order valence-electron chi connectivity index (χ2n) is 9.52. The second-order valence-corrected chi connectivity index (χ2v) is 11.4. The predicted molar refractivity (Wildman–Crippen MR) is 153 cm³/mol. The van der Waals surface area contributed by atoms with Crippen LogP contribution in [-0.2, 0) is 14.8 Å². The summed E-state index contributed by atoms with van der Waals surface area (Å²) < 4.78 is 43.3. The Labute approximate surface area is 228 Å². The Morgan fingerprint density at radius 3 is 2.23 bits per heavy atom. The van der Waals surface area contributed by atoms with Crippen LogP contribution >= 0.6 is 0 Å². The van der Waals surface area contributed by atoms with Crippen molar-refractivity contribution >= 4 is 27.8 Å². The number of halogens is 1. The van der Waals surface area contributed by atoms with Crippen LogP contribution in [0.3, 0.4) is 0 Å². The fourth-order valence-corrected chi connectivity index (χ4v) is 5.70. The summed E-state index contributed by atoms with van der Waals surface area (Å²) in [7, 11) is -4.15. The molecule has 0 aliphatic rings. The first kappa shape index (κ1) is 27.8. The molecule has 3 aromatic carbocycles. The lowest BCUT2D eigenvalue weighted by Gasteiger charge is -2.23. The Balaban J connectivity index is 1.55. The Bertz CT molecular complexity index is 1640. The second kappa shape index (κ2) is 11.2. The molecule has 0 unspecified atom stereocenters. The van der Waals surface area contributed by atoms with Crippen molar-refractivity contribution in [2.24, 2.45) is 5.10 Å². The van der Waals surface area contributed by atoms with E-state index in [2.05, 4.69) is 47.1 Å². The minimum atomic E-state index is -4.15. The Hall–Kier alpha value is -4.24. The molecule has 39 heavy (non-hydrogen) atoms. The highest BCUT2D eigenvalue weighted by Crippen LogP contribution is 2.25. The summed E-state index contributed by atoms with van der Waals surface area (Å²) in [5, 5.41) is 4.10. The maximum absolute atomic E-state index is 13.4. The van der Waals surface area contributed by atoms with Crippen LogP contribution in [0, 0.1) is 40.4 Å². The fraction of sp³-hybridized carbons (Fsp3) is 0.200. The molecule has 4 aromatic rings. The summed E-state index contributed by atoms with van der Waals surface area (Å²) in [6.45, 7) is 9.47. The predicted octanol–water partition coefficient (Wildman–Crippen LogP) is 5.50. The van der Waals surface area contributed by atoms with E-state index in [4.69, 9.17) is 0 Å². The molecule has 1 N–H and O–H groups in total. The molecule has 0 bridgehead atoms. The van der Waals surface area contributed by atoms with Gasteiger partial charge in [-0.1, -0.05) is 23.8 Å². The molecule has 0 saturated carbocycles. The number of amides is 1. The third kappa shape index (κ3) is 6.09. The number of sulfonamides is 1. The smallest absolute Gasteiger partial charge is 0.264 e. The summed E-state index contributed by atoms with van der Waals surface area (Å²) in [6.07, 6.45) is 1.54. The number of nitrogens with zero attached hydrogens (tertiary/aromatic N) is 3. The molecule has 0 spiro atoms. The van der Waals surface area contributed by atoms with Crippen LogP contribution in [0.25, 0.3) is 5.69 Å². The molecule has 9 heteroatoms. The molecule has 0 aliphatic carbocycles. The van der Waals surface area contributed by atoms with E-state index in [9.17, 15) is 17.6 Å². The number of carbonyl (C=O) groups is 1. The van der Waals surface area contributed by atoms with Crippen molar-refractivity contribution in [3.63, 3.8) is 0 Å². The van der Waals surface area contributed by atoms with Crippen LogP contribution in [0.5, 0.6) is 0 Å². The number of carbonyl (C=O) groups excluding carboxylic acids is 1. The van der Waals surface area contributed by atoms with Gasteiger partial charge in [0.1, 0.15) is 12.4 Å². The number of aryl methyl sites for hydroxylation is 4. The third-order valence-electron chi connectivity index (χ3n) is 6.62. The number of benzene rings is 3. The standard InChI is InChI=1S/C30H31FN4O3S/c1-20-6-11-27(12-7-20)34(39(37,38)29-14-9-26(31)10-15-29)19-30(36)33-32-18-25-17-23(4)35(24(25)5)28-13-8-21(2)22(3)16-28/h6-18H,19H2,1-5H3,(H,33,36)/b32-18-. The molecule has 1 heterocycles. The van der Waals surface area contributed by atoms with Gasteiger partial charge in [0.2, 0.25) is 0 Å². The van der Waals surface area contributed by atoms with E-state index in [0.29, 0.717) is 5.69 Å². The normalized spacial score (nSPS) is 11.6. The van der Waals surface area contributed by atoms with Crippen molar-refractivity contribution in [3.05, 3.63) is 112 Å². The van der Waals surface area contributed by atoms with E-state index in [1.165, 1.54) is 23.3 Å². The number of hydrogen-bond acceptors (Lipinski definition) is 4. The summed E-state index contributed by atoms with van der Waals surface area (Å²) in [5.74, 6) is -1.18. The average Bonchev–Trinajstić information content (AvgIpc) is 3.17. The van der Waals surface area contributed by atoms with E-state index >= 15 is 0 Å². The average molecular weight is 547 g/mol. The highest BCUT2D eigenvalue weighted by atomic mass is 32.2. The van der Waals surface area contributed by atoms with E-state index in [1.54, 1.807) is 30.5 Å². The molecular formula is C30H31FN4O3S. The van der Waals surface area contributed by atoms with Gasteiger partial charge in [0.05, 0.1) is 16.8 Å². The summed E-state index contributed by atoms with van der Waals surface area (Å²) in [5.41, 5.74) is 9.91. The van der Waals surface area contributed by atoms with E-state index in [1.807, 2.05) is 26.8 Å². The first-order valence-electron chi connectivity index (χ1n) is 12.4. The molecule has 0 atom stereocenters. The molecule has 1 aromatic heterocycles. The fourth-order valence-electron chi connectivity index (χ4n) is 4.28. The van der Waals surface area contributed by atoms with Gasteiger partial charge in [-0.05, 0) is 100 Å². The zero-order valence-corrected chi connectivity index (χ0v) is 23.4. The lowest BCUT2D eigenvalue weighted by molar-refractivity contribution is -0.119. The number of hydrazone groups is 1. The highest BCUT2D eigenvalue weighted by molar-refractivity contribution is 7.92. The van der Waals surface area contributed by atoms with Gasteiger partial charge in [-0.2, -0.15) is 5.10 Å². The highest BCUT2D eigenvalue weighted by Gasteiger charge is 2.27. The number of aromatic nitrogens is 1. The Morgan fingerprint density at radius 2 is 1.59 bits per heavy atom. The number of hydrogen-bond donors (Lipinski definition) is 1. The van der Waals surface area contributed by atoms with Crippen LogP contribution in [0.2, 0.25) is 0 Å². The Morgan fingerprint density at radius 1 is 0.923 bits per heavy atom. The van der Waals surface area contributed by atoms with Crippen LogP contribution in [0.15, 0.2) is 82.8 Å². The van der Waals surface area contributed by atoms with Gasteiger partial charge >= 0.3 is 0 Å². The largest absolute Gasteiger partial charge is 0.318 e. The summed E-state index contributed by atoms with van der Waals surface area (Å²) in [6, 6.07) is 19.5. The quantitative estimate of drug-likeness (QED) is 0.234. The van der Waals surface area contributed by atoms with Crippen molar-refractivity contribution in [2.75, 3.05) is 10.8 Å². The molecular weight excluding hydrogens is 515 g/mol. The van der Waals surface area contributed by atoms with Crippen molar-refractivity contribution in [1.29, 1.82) is 0 Å². The number of nitrogens with one attached hydrogen (secondary N) is 1. The minimum Gasteiger partial charge on any atom is -0.318 e. The van der Waals surface area contributed by atoms with Crippen LogP contribution in [0.1, 0.15) is 33.6 Å². The zero-order chi connectivity index (χ0) is 28.3. The van der Waals surface area contributed by atoms with Crippen molar-refractivity contribution in [1.82, 2.24) is 9.99 Å². The molecule has 0 radical (unpaired) electrons. The molecule has 0 fully saturated rings. The third-order valence-corrected chi connectivity index (χ3v) is 8.41. The van der Waals surface area contributed by atoms with Crippen molar-refractivity contribution in [2.45, 2.75) is 39.5 Å². The van der Waals surface area contributed by atoms with Crippen LogP contribution < -0.4 is 9.73 Å². The van der Waals surface area contributed by atoms with Gasteiger partial charge in [0, 0.05) is 22.6 Å². The van der Waals surface area contributed by atoms with Gasteiger partial charge in [0.15, 0.2) is 0 Å². The summed E-state index contributed by atoms with van der Waals surface area (Å²) in [4.78, 5) is 12.7.